The molecule has 0 saturated carbocycles. The molecule has 0 saturated heterocycles. The van der Waals surface area contributed by atoms with Crippen molar-refractivity contribution in [2.45, 2.75) is 18.6 Å². The van der Waals surface area contributed by atoms with Gasteiger partial charge < -0.3 is 0 Å². The lowest BCUT2D eigenvalue weighted by atomic mass is 10.1. The van der Waals surface area contributed by atoms with Gasteiger partial charge in [-0.05, 0) is 12.1 Å². The van der Waals surface area contributed by atoms with Gasteiger partial charge in [0.2, 0.25) is 0 Å². The third kappa shape index (κ3) is 3.45. The fourth-order valence-corrected chi connectivity index (χ4v) is 2.11. The number of halogens is 5. The van der Waals surface area contributed by atoms with Crippen molar-refractivity contribution in [1.29, 1.82) is 10.5 Å². The average Bonchev–Trinajstić information content (AvgIpc) is 2.33. The number of hydrogen-bond acceptors (Lipinski definition) is 4. The second-order valence-electron chi connectivity index (χ2n) is 3.70. The second-order valence-corrected chi connectivity index (χ2v) is 4.52. The van der Waals surface area contributed by atoms with E-state index in [1.807, 2.05) is 0 Å². The Morgan fingerprint density at radius 2 is 1.75 bits per heavy atom. The molecule has 106 valence electrons. The summed E-state index contributed by atoms with van der Waals surface area (Å²) in [4.78, 5) is 0. The first-order valence-corrected chi connectivity index (χ1v) is 5.84. The third-order valence-corrected chi connectivity index (χ3v) is 2.95. The van der Waals surface area contributed by atoms with E-state index in [0.717, 1.165) is 5.01 Å². The van der Waals surface area contributed by atoms with Gasteiger partial charge in [0.1, 0.15) is 6.04 Å². The number of anilines is 1. The third-order valence-electron chi connectivity index (χ3n) is 2.37. The molecule has 0 aliphatic rings. The largest absolute Gasteiger partial charge is 0.416 e. The molecule has 0 fully saturated rings. The zero-order chi connectivity index (χ0) is 15.5. The molecule has 4 nitrogen and oxygen atoms in total. The Morgan fingerprint density at radius 3 is 2.10 bits per heavy atom. The maximum absolute atomic E-state index is 12.6. The normalized spacial score (nSPS) is 12.4. The van der Waals surface area contributed by atoms with Gasteiger partial charge in [-0.2, -0.15) is 23.7 Å². The topological polar surface area (TPSA) is 76.8 Å². The summed E-state index contributed by atoms with van der Waals surface area (Å²) in [5.74, 6) is 5.61. The van der Waals surface area contributed by atoms with Crippen molar-refractivity contribution in [3.8, 4) is 12.1 Å². The van der Waals surface area contributed by atoms with Crippen molar-refractivity contribution >= 4 is 28.9 Å². The highest BCUT2D eigenvalue weighted by molar-refractivity contribution is 6.39. The van der Waals surface area contributed by atoms with Crippen LogP contribution in [0.1, 0.15) is 12.0 Å². The van der Waals surface area contributed by atoms with Crippen LogP contribution in [0, 0.1) is 22.7 Å². The SMILES string of the molecule is N#CCC(C#N)N(N)c1c(Cl)cc(C(F)(F)F)cc1Cl. The smallest absolute Gasteiger partial charge is 0.290 e. The summed E-state index contributed by atoms with van der Waals surface area (Å²) >= 11 is 11.5. The minimum Gasteiger partial charge on any atom is -0.290 e. The van der Waals surface area contributed by atoms with Gasteiger partial charge >= 0.3 is 6.18 Å². The van der Waals surface area contributed by atoms with Gasteiger partial charge in [-0.1, -0.05) is 23.2 Å². The van der Waals surface area contributed by atoms with Crippen LogP contribution in [0.15, 0.2) is 12.1 Å². The van der Waals surface area contributed by atoms with E-state index in [0.29, 0.717) is 12.1 Å². The summed E-state index contributed by atoms with van der Waals surface area (Å²) in [6.45, 7) is 0. The summed E-state index contributed by atoms with van der Waals surface area (Å²) in [7, 11) is 0. The fourth-order valence-electron chi connectivity index (χ4n) is 1.42. The molecule has 0 aromatic heterocycles. The van der Waals surface area contributed by atoms with Crippen LogP contribution in [0.3, 0.4) is 0 Å². The molecule has 1 rings (SSSR count). The maximum atomic E-state index is 12.6. The molecule has 0 aliphatic carbocycles. The van der Waals surface area contributed by atoms with Crippen LogP contribution >= 0.6 is 23.2 Å². The molecule has 1 aromatic carbocycles. The summed E-state index contributed by atoms with van der Waals surface area (Å²) in [5, 5.41) is 17.5. The number of nitriles is 2. The van der Waals surface area contributed by atoms with Gasteiger partial charge in [0.25, 0.3) is 0 Å². The Kier molecular flexibility index (Phi) is 5.07. The number of rotatable bonds is 3. The van der Waals surface area contributed by atoms with Gasteiger partial charge in [-0.3, -0.25) is 5.01 Å². The van der Waals surface area contributed by atoms with Crippen LogP contribution in [-0.4, -0.2) is 6.04 Å². The first-order valence-electron chi connectivity index (χ1n) is 5.09. The van der Waals surface area contributed by atoms with Crippen LogP contribution in [-0.2, 0) is 6.18 Å². The summed E-state index contributed by atoms with van der Waals surface area (Å²) in [6.07, 6.45) is -4.85. The molecule has 20 heavy (non-hydrogen) atoms. The first kappa shape index (κ1) is 16.4. The zero-order valence-electron chi connectivity index (χ0n) is 9.75. The molecule has 2 N–H and O–H groups in total. The minimum atomic E-state index is -4.60. The molecule has 0 spiro atoms. The Bertz CT molecular complexity index is 566. The quantitative estimate of drug-likeness (QED) is 0.682. The molecule has 9 heteroatoms. The second kappa shape index (κ2) is 6.19. The molecule has 1 aromatic rings. The first-order chi connectivity index (χ1) is 9.22. The standard InChI is InChI=1S/C11H7Cl2F3N4/c12-8-3-6(11(14,15)16)4-9(13)10(8)20(19)7(5-18)1-2-17/h3-4,7H,1,19H2. The summed E-state index contributed by atoms with van der Waals surface area (Å²) in [6, 6.07) is 3.71. The number of nitrogens with zero attached hydrogens (tertiary/aromatic N) is 3. The number of alkyl halides is 3. The van der Waals surface area contributed by atoms with Crippen molar-refractivity contribution in [3.63, 3.8) is 0 Å². The Labute approximate surface area is 122 Å². The lowest BCUT2D eigenvalue weighted by molar-refractivity contribution is -0.137. The highest BCUT2D eigenvalue weighted by Crippen LogP contribution is 2.40. The van der Waals surface area contributed by atoms with Crippen LogP contribution in [0.4, 0.5) is 18.9 Å². The Morgan fingerprint density at radius 1 is 1.25 bits per heavy atom. The number of hydrazine groups is 1. The molecular formula is C11H7Cl2F3N4. The van der Waals surface area contributed by atoms with E-state index >= 15 is 0 Å². The molecule has 0 radical (unpaired) electrons. The van der Waals surface area contributed by atoms with Crippen LogP contribution in [0.5, 0.6) is 0 Å². The van der Waals surface area contributed by atoms with Gasteiger partial charge in [0.05, 0.1) is 39.9 Å². The Hall–Kier alpha value is -1.67. The van der Waals surface area contributed by atoms with E-state index in [1.54, 1.807) is 12.1 Å². The van der Waals surface area contributed by atoms with Crippen molar-refractivity contribution < 1.29 is 13.2 Å². The molecule has 1 atom stereocenters. The predicted octanol–water partition coefficient (Wildman–Crippen LogP) is 3.50. The van der Waals surface area contributed by atoms with E-state index in [2.05, 4.69) is 0 Å². The van der Waals surface area contributed by atoms with E-state index in [-0.39, 0.29) is 22.2 Å². The fraction of sp³-hybridized carbons (Fsp3) is 0.273. The number of benzene rings is 1. The Balaban J connectivity index is 3.28. The summed E-state index contributed by atoms with van der Waals surface area (Å²) < 4.78 is 37.7. The zero-order valence-corrected chi connectivity index (χ0v) is 11.3. The summed E-state index contributed by atoms with van der Waals surface area (Å²) in [5.41, 5.74) is -1.17. The molecule has 0 bridgehead atoms. The van der Waals surface area contributed by atoms with Crippen molar-refractivity contribution in [3.05, 3.63) is 27.7 Å². The molecular weight excluding hydrogens is 316 g/mol. The van der Waals surface area contributed by atoms with Crippen LogP contribution in [0.25, 0.3) is 0 Å². The van der Waals surface area contributed by atoms with Gasteiger partial charge in [0, 0.05) is 0 Å². The van der Waals surface area contributed by atoms with E-state index in [4.69, 9.17) is 39.6 Å². The number of nitrogens with two attached hydrogens (primary N) is 1. The lowest BCUT2D eigenvalue weighted by Gasteiger charge is -2.25. The van der Waals surface area contributed by atoms with Crippen LogP contribution < -0.4 is 10.9 Å². The highest BCUT2D eigenvalue weighted by Gasteiger charge is 2.33. The van der Waals surface area contributed by atoms with Gasteiger partial charge in [-0.25, -0.2) is 5.84 Å². The minimum absolute atomic E-state index is 0.136. The van der Waals surface area contributed by atoms with E-state index in [1.165, 1.54) is 0 Å². The predicted molar refractivity (Wildman–Crippen MR) is 67.8 cm³/mol. The average molecular weight is 323 g/mol. The van der Waals surface area contributed by atoms with Crippen molar-refractivity contribution in [2.24, 2.45) is 5.84 Å². The monoisotopic (exact) mass is 322 g/mol. The number of hydrogen-bond donors (Lipinski definition) is 1. The molecule has 0 aliphatic heterocycles. The lowest BCUT2D eigenvalue weighted by Crippen LogP contribution is -2.40. The van der Waals surface area contributed by atoms with E-state index in [9.17, 15) is 13.2 Å². The highest BCUT2D eigenvalue weighted by atomic mass is 35.5. The maximum Gasteiger partial charge on any atom is 0.416 e. The van der Waals surface area contributed by atoms with E-state index < -0.39 is 17.8 Å². The van der Waals surface area contributed by atoms with Crippen molar-refractivity contribution in [1.82, 2.24) is 0 Å². The molecule has 0 amide bonds. The van der Waals surface area contributed by atoms with Crippen molar-refractivity contribution in [2.75, 3.05) is 5.01 Å². The van der Waals surface area contributed by atoms with Crippen LogP contribution in [0.2, 0.25) is 10.0 Å². The van der Waals surface area contributed by atoms with Gasteiger partial charge in [0.15, 0.2) is 0 Å². The molecule has 1 unspecified atom stereocenters. The molecule has 0 heterocycles. The van der Waals surface area contributed by atoms with Gasteiger partial charge in [-0.15, -0.1) is 0 Å².